The molecule has 0 N–H and O–H groups in total. The molecule has 1 heteroatoms. The van der Waals surface area contributed by atoms with Crippen LogP contribution in [0.15, 0.2) is 261 Å². The maximum Gasteiger partial charge on any atom is 0.0714 e. The van der Waals surface area contributed by atoms with Gasteiger partial charge in [0.15, 0.2) is 0 Å². The number of benzene rings is 11. The zero-order valence-corrected chi connectivity index (χ0v) is 35.3. The number of nitrogens with zero attached hydrogens (tertiary/aromatic N) is 1. The lowest BCUT2D eigenvalue weighted by atomic mass is 9.68. The lowest BCUT2D eigenvalue weighted by molar-refractivity contribution is 0.768. The molecule has 1 nitrogen and oxygen atoms in total. The van der Waals surface area contributed by atoms with Gasteiger partial charge in [-0.25, -0.2) is 0 Å². The number of hydrogen-bond acceptors (Lipinski definition) is 1. The number of para-hydroxylation sites is 1. The van der Waals surface area contributed by atoms with Gasteiger partial charge in [-0.05, 0) is 108 Å². The Bertz CT molecular complexity index is 3420. The molecule has 0 aliphatic heterocycles. The van der Waals surface area contributed by atoms with E-state index in [1.165, 1.54) is 77.2 Å². The second kappa shape index (κ2) is 15.6. The van der Waals surface area contributed by atoms with Crippen LogP contribution in [0.1, 0.15) is 22.3 Å². The predicted molar refractivity (Wildman–Crippen MR) is 270 cm³/mol. The van der Waals surface area contributed by atoms with E-state index in [0.717, 1.165) is 28.2 Å². The average Bonchev–Trinajstić information content (AvgIpc) is 3.69. The van der Waals surface area contributed by atoms with Gasteiger partial charge in [-0.2, -0.15) is 0 Å². The number of fused-ring (bicyclic) bond motifs is 6. The highest BCUT2D eigenvalue weighted by molar-refractivity contribution is 6.14. The number of anilines is 3. The van der Waals surface area contributed by atoms with Gasteiger partial charge in [0, 0.05) is 16.8 Å². The van der Waals surface area contributed by atoms with Gasteiger partial charge in [0.05, 0.1) is 16.8 Å². The molecule has 1 aliphatic rings. The molecule has 0 amide bonds. The topological polar surface area (TPSA) is 3.24 Å². The van der Waals surface area contributed by atoms with Crippen molar-refractivity contribution in [1.29, 1.82) is 0 Å². The van der Waals surface area contributed by atoms with Gasteiger partial charge in [-0.3, -0.25) is 0 Å². The third kappa shape index (κ3) is 6.01. The van der Waals surface area contributed by atoms with E-state index in [1.54, 1.807) is 0 Å². The van der Waals surface area contributed by atoms with Gasteiger partial charge >= 0.3 is 0 Å². The fraction of sp³-hybridized carbons (Fsp3) is 0.0159. The van der Waals surface area contributed by atoms with Gasteiger partial charge in [0.1, 0.15) is 0 Å². The highest BCUT2D eigenvalue weighted by Crippen LogP contribution is 2.60. The maximum atomic E-state index is 2.50. The lowest BCUT2D eigenvalue weighted by Gasteiger charge is -2.34. The average molecular weight is 814 g/mol. The van der Waals surface area contributed by atoms with Crippen molar-refractivity contribution in [1.82, 2.24) is 0 Å². The summed E-state index contributed by atoms with van der Waals surface area (Å²) in [4.78, 5) is 2.50. The minimum Gasteiger partial charge on any atom is -0.309 e. The lowest BCUT2D eigenvalue weighted by Crippen LogP contribution is -2.28. The van der Waals surface area contributed by atoms with Gasteiger partial charge in [0.25, 0.3) is 0 Å². The Balaban J connectivity index is 1.07. The summed E-state index contributed by atoms with van der Waals surface area (Å²) in [5.74, 6) is 0. The highest BCUT2D eigenvalue weighted by Gasteiger charge is 2.47. The second-order valence-electron chi connectivity index (χ2n) is 16.8. The molecule has 0 aromatic heterocycles. The predicted octanol–water partition coefficient (Wildman–Crippen LogP) is 16.8. The summed E-state index contributed by atoms with van der Waals surface area (Å²) in [6.07, 6.45) is 0. The fourth-order valence-corrected chi connectivity index (χ4v) is 10.5. The molecule has 0 unspecified atom stereocenters. The van der Waals surface area contributed by atoms with Crippen molar-refractivity contribution in [2.24, 2.45) is 0 Å². The summed E-state index contributed by atoms with van der Waals surface area (Å²) in [7, 11) is 0. The molecule has 0 fully saturated rings. The van der Waals surface area contributed by atoms with E-state index in [2.05, 4.69) is 266 Å². The van der Waals surface area contributed by atoms with Crippen LogP contribution in [0.4, 0.5) is 17.1 Å². The van der Waals surface area contributed by atoms with Crippen molar-refractivity contribution in [3.63, 3.8) is 0 Å². The summed E-state index contributed by atoms with van der Waals surface area (Å²) in [6.45, 7) is 0. The van der Waals surface area contributed by atoms with Crippen LogP contribution in [-0.2, 0) is 5.41 Å². The number of rotatable bonds is 8. The Morgan fingerprint density at radius 1 is 0.281 bits per heavy atom. The third-order valence-corrected chi connectivity index (χ3v) is 13.4. The molecular formula is C63H43N. The first-order valence-electron chi connectivity index (χ1n) is 22.2. The van der Waals surface area contributed by atoms with E-state index < -0.39 is 5.41 Å². The van der Waals surface area contributed by atoms with E-state index in [-0.39, 0.29) is 0 Å². The molecule has 0 bridgehead atoms. The van der Waals surface area contributed by atoms with Gasteiger partial charge in [-0.15, -0.1) is 0 Å². The van der Waals surface area contributed by atoms with Crippen LogP contribution in [0.2, 0.25) is 0 Å². The van der Waals surface area contributed by atoms with E-state index in [4.69, 9.17) is 0 Å². The SMILES string of the molecule is c1ccc(-c2ccc(N(c3ccccc3-c3ccc(-c4cc5ccccc5c5ccccc45)cc3)c3cccc4c3-c3ccccc3C4(c3ccccc3)c3ccccc3)cc2)cc1. The molecule has 1 aliphatic carbocycles. The normalized spacial score (nSPS) is 12.5. The van der Waals surface area contributed by atoms with Crippen molar-refractivity contribution in [3.8, 4) is 44.5 Å². The maximum absolute atomic E-state index is 2.50. The van der Waals surface area contributed by atoms with Crippen molar-refractivity contribution in [3.05, 3.63) is 283 Å². The largest absolute Gasteiger partial charge is 0.309 e. The van der Waals surface area contributed by atoms with Crippen LogP contribution in [0.25, 0.3) is 66.1 Å². The minimum absolute atomic E-state index is 0.518. The Morgan fingerprint density at radius 2 is 0.766 bits per heavy atom. The molecule has 0 atom stereocenters. The minimum atomic E-state index is -0.518. The third-order valence-electron chi connectivity index (χ3n) is 13.4. The van der Waals surface area contributed by atoms with E-state index >= 15 is 0 Å². The summed E-state index contributed by atoms with van der Waals surface area (Å²) < 4.78 is 0. The molecule has 300 valence electrons. The first kappa shape index (κ1) is 37.5. The van der Waals surface area contributed by atoms with Gasteiger partial charge in [0.2, 0.25) is 0 Å². The zero-order chi connectivity index (χ0) is 42.5. The van der Waals surface area contributed by atoms with Gasteiger partial charge < -0.3 is 4.90 Å². The molecule has 0 spiro atoms. The molecule has 0 heterocycles. The van der Waals surface area contributed by atoms with Crippen molar-refractivity contribution >= 4 is 38.6 Å². The molecule has 11 aromatic rings. The quantitative estimate of drug-likeness (QED) is 0.138. The molecule has 12 rings (SSSR count). The fourth-order valence-electron chi connectivity index (χ4n) is 10.5. The van der Waals surface area contributed by atoms with Crippen LogP contribution in [0.5, 0.6) is 0 Å². The summed E-state index contributed by atoms with van der Waals surface area (Å²) in [5, 5.41) is 5.07. The van der Waals surface area contributed by atoms with Crippen LogP contribution >= 0.6 is 0 Å². The van der Waals surface area contributed by atoms with Crippen LogP contribution in [0.3, 0.4) is 0 Å². The Morgan fingerprint density at radius 3 is 1.47 bits per heavy atom. The first-order valence-corrected chi connectivity index (χ1v) is 22.2. The standard InChI is InChI=1S/C63H43N/c1-4-19-44(20-5-1)45-39-41-51(42-40-45)64(61-34-18-32-59-62(61)56-30-14-16-31-58(56)63(59,49-22-6-2-7-23-49)50-24-8-3-9-25-50)60-33-17-15-27-53(60)46-35-37-47(38-36-46)57-43-48-21-10-11-26-52(48)54-28-12-13-29-55(54)57/h1-43H. The Hall–Kier alpha value is -8.26. The second-order valence-corrected chi connectivity index (χ2v) is 16.8. The Labute approximate surface area is 374 Å². The Kier molecular flexibility index (Phi) is 9.13. The molecule has 0 saturated carbocycles. The monoisotopic (exact) mass is 813 g/mol. The van der Waals surface area contributed by atoms with Crippen LogP contribution in [-0.4, -0.2) is 0 Å². The van der Waals surface area contributed by atoms with Crippen molar-refractivity contribution < 1.29 is 0 Å². The van der Waals surface area contributed by atoms with Crippen LogP contribution < -0.4 is 4.90 Å². The van der Waals surface area contributed by atoms with Crippen molar-refractivity contribution in [2.45, 2.75) is 5.41 Å². The summed E-state index contributed by atoms with van der Waals surface area (Å²) in [6, 6.07) is 95.8. The van der Waals surface area contributed by atoms with Crippen molar-refractivity contribution in [2.75, 3.05) is 4.90 Å². The highest BCUT2D eigenvalue weighted by atomic mass is 15.1. The zero-order valence-electron chi connectivity index (χ0n) is 35.3. The van der Waals surface area contributed by atoms with E-state index in [1.807, 2.05) is 0 Å². The summed E-state index contributed by atoms with van der Waals surface area (Å²) >= 11 is 0. The first-order chi connectivity index (χ1) is 31.8. The molecule has 64 heavy (non-hydrogen) atoms. The molecular weight excluding hydrogens is 771 g/mol. The van der Waals surface area contributed by atoms with E-state index in [9.17, 15) is 0 Å². The van der Waals surface area contributed by atoms with Crippen LogP contribution in [0, 0.1) is 0 Å². The molecule has 0 radical (unpaired) electrons. The smallest absolute Gasteiger partial charge is 0.0714 e. The molecule has 11 aromatic carbocycles. The summed E-state index contributed by atoms with van der Waals surface area (Å²) in [5.41, 5.74) is 17.5. The molecule has 0 saturated heterocycles. The van der Waals surface area contributed by atoms with E-state index in [0.29, 0.717) is 0 Å². The number of hydrogen-bond donors (Lipinski definition) is 0. The van der Waals surface area contributed by atoms with Gasteiger partial charge in [-0.1, -0.05) is 231 Å².